The first-order valence-electron chi connectivity index (χ1n) is 7.21. The fourth-order valence-electron chi connectivity index (χ4n) is 2.34. The van der Waals surface area contributed by atoms with Crippen molar-refractivity contribution < 1.29 is 0 Å². The topological polar surface area (TPSA) is 67.1 Å². The second-order valence-electron chi connectivity index (χ2n) is 5.10. The SMILES string of the molecule is CCCSc1nc(N)c2c(n1)N(Cc1cccc(Cl)c1)CN2. The fourth-order valence-corrected chi connectivity index (χ4v) is 3.25. The van der Waals surface area contributed by atoms with E-state index in [4.69, 9.17) is 17.3 Å². The van der Waals surface area contributed by atoms with Gasteiger partial charge in [0.2, 0.25) is 0 Å². The number of anilines is 3. The van der Waals surface area contributed by atoms with Gasteiger partial charge in [-0.2, -0.15) is 0 Å². The highest BCUT2D eigenvalue weighted by atomic mass is 35.5. The number of rotatable bonds is 5. The standard InChI is InChI=1S/C15H18ClN5S/c1-2-6-22-15-19-13(17)12-14(20-15)21(9-18-12)8-10-4-3-5-11(16)7-10/h3-5,7,18H,2,6,8-9H2,1H3,(H2,17,19,20). The van der Waals surface area contributed by atoms with Gasteiger partial charge in [-0.05, 0) is 24.1 Å². The lowest BCUT2D eigenvalue weighted by Gasteiger charge is -2.17. The molecule has 7 heteroatoms. The minimum absolute atomic E-state index is 0.511. The first-order valence-corrected chi connectivity index (χ1v) is 8.57. The van der Waals surface area contributed by atoms with Crippen LogP contribution in [-0.4, -0.2) is 22.4 Å². The molecule has 0 aliphatic carbocycles. The van der Waals surface area contributed by atoms with Crippen molar-refractivity contribution in [2.75, 3.05) is 28.4 Å². The van der Waals surface area contributed by atoms with Crippen molar-refractivity contribution in [3.8, 4) is 0 Å². The zero-order chi connectivity index (χ0) is 15.5. The van der Waals surface area contributed by atoms with E-state index >= 15 is 0 Å². The van der Waals surface area contributed by atoms with Gasteiger partial charge in [0.05, 0.1) is 6.67 Å². The Morgan fingerprint density at radius 1 is 1.41 bits per heavy atom. The highest BCUT2D eigenvalue weighted by Crippen LogP contribution is 2.36. The fraction of sp³-hybridized carbons (Fsp3) is 0.333. The average Bonchev–Trinajstić information content (AvgIpc) is 2.89. The molecule has 0 saturated heterocycles. The van der Waals surface area contributed by atoms with E-state index in [9.17, 15) is 0 Å². The minimum atomic E-state index is 0.511. The van der Waals surface area contributed by atoms with Gasteiger partial charge in [0.1, 0.15) is 5.69 Å². The third-order valence-electron chi connectivity index (χ3n) is 3.34. The molecule has 0 bridgehead atoms. The van der Waals surface area contributed by atoms with Crippen molar-refractivity contribution in [1.82, 2.24) is 9.97 Å². The third kappa shape index (κ3) is 3.23. The molecule has 0 radical (unpaired) electrons. The average molecular weight is 336 g/mol. The number of hydrogen-bond donors (Lipinski definition) is 2. The molecule has 1 aromatic heterocycles. The van der Waals surface area contributed by atoms with E-state index in [0.717, 1.165) is 46.0 Å². The smallest absolute Gasteiger partial charge is 0.191 e. The molecular formula is C15H18ClN5S. The number of nitrogens with one attached hydrogen (secondary N) is 1. The predicted molar refractivity (Wildman–Crippen MR) is 93.6 cm³/mol. The van der Waals surface area contributed by atoms with Crippen LogP contribution in [-0.2, 0) is 6.54 Å². The van der Waals surface area contributed by atoms with Crippen LogP contribution < -0.4 is 16.0 Å². The molecule has 0 spiro atoms. The summed E-state index contributed by atoms with van der Waals surface area (Å²) in [6.45, 7) is 3.54. The van der Waals surface area contributed by atoms with Crippen molar-refractivity contribution in [2.45, 2.75) is 25.0 Å². The Morgan fingerprint density at radius 2 is 2.27 bits per heavy atom. The summed E-state index contributed by atoms with van der Waals surface area (Å²) in [5, 5.41) is 4.75. The summed E-state index contributed by atoms with van der Waals surface area (Å²) in [6, 6.07) is 7.86. The molecule has 116 valence electrons. The zero-order valence-corrected chi connectivity index (χ0v) is 13.9. The lowest BCUT2D eigenvalue weighted by Crippen LogP contribution is -2.22. The Hall–Kier alpha value is -1.66. The summed E-state index contributed by atoms with van der Waals surface area (Å²) in [6.07, 6.45) is 1.08. The number of fused-ring (bicyclic) bond motifs is 1. The number of nitrogens with two attached hydrogens (primary N) is 1. The Balaban J connectivity index is 1.84. The first kappa shape index (κ1) is 15.2. The molecule has 2 aromatic rings. The molecule has 0 atom stereocenters. The summed E-state index contributed by atoms with van der Waals surface area (Å²) in [5.74, 6) is 2.36. The molecule has 5 nitrogen and oxygen atoms in total. The lowest BCUT2D eigenvalue weighted by atomic mass is 10.2. The normalized spacial score (nSPS) is 13.1. The number of thioether (sulfide) groups is 1. The second-order valence-corrected chi connectivity index (χ2v) is 6.60. The Labute approximate surface area is 139 Å². The van der Waals surface area contributed by atoms with Crippen molar-refractivity contribution in [3.05, 3.63) is 34.9 Å². The maximum absolute atomic E-state index is 6.06. The minimum Gasteiger partial charge on any atom is -0.382 e. The van der Waals surface area contributed by atoms with E-state index in [1.807, 2.05) is 18.2 Å². The molecule has 0 amide bonds. The summed E-state index contributed by atoms with van der Waals surface area (Å²) >= 11 is 7.69. The highest BCUT2D eigenvalue weighted by molar-refractivity contribution is 7.99. The van der Waals surface area contributed by atoms with Crippen LogP contribution in [0.4, 0.5) is 17.3 Å². The molecule has 1 aromatic carbocycles. The Kier molecular flexibility index (Phi) is 4.59. The number of nitrogen functional groups attached to an aromatic ring is 1. The van der Waals surface area contributed by atoms with Crippen LogP contribution in [0.5, 0.6) is 0 Å². The van der Waals surface area contributed by atoms with Gasteiger partial charge in [0.15, 0.2) is 16.8 Å². The second kappa shape index (κ2) is 6.62. The van der Waals surface area contributed by atoms with Crippen molar-refractivity contribution in [1.29, 1.82) is 0 Å². The van der Waals surface area contributed by atoms with E-state index < -0.39 is 0 Å². The van der Waals surface area contributed by atoms with Crippen molar-refractivity contribution in [2.24, 2.45) is 0 Å². The van der Waals surface area contributed by atoms with Gasteiger partial charge in [-0.1, -0.05) is 42.4 Å². The van der Waals surface area contributed by atoms with Gasteiger partial charge in [-0.15, -0.1) is 0 Å². The molecule has 1 aliphatic rings. The predicted octanol–water partition coefficient (Wildman–Crippen LogP) is 3.60. The monoisotopic (exact) mass is 335 g/mol. The van der Waals surface area contributed by atoms with E-state index in [-0.39, 0.29) is 0 Å². The van der Waals surface area contributed by atoms with Gasteiger partial charge in [0.25, 0.3) is 0 Å². The van der Waals surface area contributed by atoms with E-state index in [0.29, 0.717) is 12.5 Å². The maximum Gasteiger partial charge on any atom is 0.191 e. The van der Waals surface area contributed by atoms with Gasteiger partial charge < -0.3 is 16.0 Å². The van der Waals surface area contributed by atoms with Crippen LogP contribution in [0, 0.1) is 0 Å². The Morgan fingerprint density at radius 3 is 3.05 bits per heavy atom. The lowest BCUT2D eigenvalue weighted by molar-refractivity contribution is 0.839. The number of benzene rings is 1. The zero-order valence-electron chi connectivity index (χ0n) is 12.3. The number of nitrogens with zero attached hydrogens (tertiary/aromatic N) is 3. The van der Waals surface area contributed by atoms with Crippen LogP contribution in [0.3, 0.4) is 0 Å². The Bertz CT molecular complexity index is 679. The van der Waals surface area contributed by atoms with E-state index in [2.05, 4.69) is 33.2 Å². The van der Waals surface area contributed by atoms with Crippen LogP contribution in [0.15, 0.2) is 29.4 Å². The molecule has 0 unspecified atom stereocenters. The molecular weight excluding hydrogens is 318 g/mol. The molecule has 3 N–H and O–H groups in total. The number of aromatic nitrogens is 2. The molecule has 0 saturated carbocycles. The van der Waals surface area contributed by atoms with Crippen LogP contribution in [0.1, 0.15) is 18.9 Å². The van der Waals surface area contributed by atoms with Crippen LogP contribution in [0.25, 0.3) is 0 Å². The van der Waals surface area contributed by atoms with Gasteiger partial charge >= 0.3 is 0 Å². The summed E-state index contributed by atoms with van der Waals surface area (Å²) in [5.41, 5.74) is 8.01. The summed E-state index contributed by atoms with van der Waals surface area (Å²) < 4.78 is 0. The molecule has 1 aliphatic heterocycles. The van der Waals surface area contributed by atoms with Crippen molar-refractivity contribution in [3.63, 3.8) is 0 Å². The van der Waals surface area contributed by atoms with E-state index in [1.165, 1.54) is 0 Å². The molecule has 22 heavy (non-hydrogen) atoms. The maximum atomic E-state index is 6.06. The molecule has 0 fully saturated rings. The van der Waals surface area contributed by atoms with Gasteiger partial charge in [-0.25, -0.2) is 9.97 Å². The number of halogens is 1. The van der Waals surface area contributed by atoms with E-state index in [1.54, 1.807) is 11.8 Å². The first-order chi connectivity index (χ1) is 10.7. The quantitative estimate of drug-likeness (QED) is 0.642. The van der Waals surface area contributed by atoms with Gasteiger partial charge in [0, 0.05) is 17.3 Å². The highest BCUT2D eigenvalue weighted by Gasteiger charge is 2.24. The van der Waals surface area contributed by atoms with Crippen molar-refractivity contribution >= 4 is 40.7 Å². The van der Waals surface area contributed by atoms with Crippen LogP contribution >= 0.6 is 23.4 Å². The molecule has 3 rings (SSSR count). The van der Waals surface area contributed by atoms with Crippen LogP contribution in [0.2, 0.25) is 5.02 Å². The van der Waals surface area contributed by atoms with Gasteiger partial charge in [-0.3, -0.25) is 0 Å². The summed E-state index contributed by atoms with van der Waals surface area (Å²) in [7, 11) is 0. The molecule has 2 heterocycles. The largest absolute Gasteiger partial charge is 0.382 e. The third-order valence-corrected chi connectivity index (χ3v) is 4.63. The summed E-state index contributed by atoms with van der Waals surface area (Å²) in [4.78, 5) is 11.2. The number of hydrogen-bond acceptors (Lipinski definition) is 6.